The Bertz CT molecular complexity index is 1430. The Morgan fingerprint density at radius 1 is 0.778 bits per heavy atom. The normalized spacial score (nSPS) is 14.6. The van der Waals surface area contributed by atoms with Crippen LogP contribution in [0.15, 0.2) is 71.3 Å². The number of fused-ring (bicyclic) bond motifs is 4. The molecule has 3 aromatic carbocycles. The van der Waals surface area contributed by atoms with E-state index < -0.39 is 49.2 Å². The molecule has 4 aromatic rings. The standard InChI is InChI=1S/C27H19F6NO2/c28-26(29,30)13-11-25(12-14-27(31,32)33)20-7-3-1-5-17(20)18-10-9-16(15-21(18)25)24(35)23-19-6-2-4-8-22(19)36-34-23/h1-10,15H,11-14H2. The summed E-state index contributed by atoms with van der Waals surface area (Å²) in [7, 11) is 0. The Morgan fingerprint density at radius 2 is 1.39 bits per heavy atom. The van der Waals surface area contributed by atoms with E-state index in [0.29, 0.717) is 27.7 Å². The van der Waals surface area contributed by atoms with E-state index >= 15 is 0 Å². The fourth-order valence-corrected chi connectivity index (χ4v) is 5.16. The largest absolute Gasteiger partial charge is 0.389 e. The first-order valence-electron chi connectivity index (χ1n) is 11.3. The van der Waals surface area contributed by atoms with Crippen molar-refractivity contribution in [1.82, 2.24) is 5.16 Å². The number of alkyl halides is 6. The van der Waals surface area contributed by atoms with Gasteiger partial charge in [0, 0.05) is 23.8 Å². The molecule has 1 heterocycles. The number of ketones is 1. The number of carbonyl (C=O) groups excluding carboxylic acids is 1. The molecule has 0 spiro atoms. The third kappa shape index (κ3) is 4.27. The molecule has 0 amide bonds. The number of rotatable bonds is 6. The zero-order valence-corrected chi connectivity index (χ0v) is 18.7. The van der Waals surface area contributed by atoms with Crippen LogP contribution >= 0.6 is 0 Å². The van der Waals surface area contributed by atoms with Crippen molar-refractivity contribution < 1.29 is 35.7 Å². The SMILES string of the molecule is O=C(c1ccc2c(c1)C(CCC(F)(F)F)(CCC(F)(F)F)c1ccccc1-2)c1noc2ccccc12. The van der Waals surface area contributed by atoms with Crippen LogP contribution in [-0.4, -0.2) is 23.3 Å². The summed E-state index contributed by atoms with van der Waals surface area (Å²) in [5, 5.41) is 4.32. The fraction of sp³-hybridized carbons (Fsp3) is 0.259. The molecule has 5 rings (SSSR count). The summed E-state index contributed by atoms with van der Waals surface area (Å²) in [4.78, 5) is 13.4. The molecule has 1 aliphatic carbocycles. The van der Waals surface area contributed by atoms with Gasteiger partial charge in [0.1, 0.15) is 0 Å². The maximum atomic E-state index is 13.4. The minimum absolute atomic E-state index is 0.0252. The Labute approximate surface area is 201 Å². The molecular formula is C27H19F6NO2. The predicted molar refractivity (Wildman–Crippen MR) is 121 cm³/mol. The van der Waals surface area contributed by atoms with E-state index in [-0.39, 0.29) is 16.8 Å². The van der Waals surface area contributed by atoms with Crippen molar-refractivity contribution in [3.63, 3.8) is 0 Å². The van der Waals surface area contributed by atoms with Gasteiger partial charge in [-0.3, -0.25) is 4.79 Å². The average Bonchev–Trinajstić information content (AvgIpc) is 3.38. The van der Waals surface area contributed by atoms with Crippen LogP contribution in [0.3, 0.4) is 0 Å². The first kappa shape index (κ1) is 24.1. The van der Waals surface area contributed by atoms with Gasteiger partial charge in [0.05, 0.1) is 5.39 Å². The van der Waals surface area contributed by atoms with E-state index in [2.05, 4.69) is 5.16 Å². The molecule has 186 valence electrons. The van der Waals surface area contributed by atoms with Gasteiger partial charge in [-0.2, -0.15) is 26.3 Å². The van der Waals surface area contributed by atoms with Crippen LogP contribution in [0.4, 0.5) is 26.3 Å². The van der Waals surface area contributed by atoms with Crippen molar-refractivity contribution in [2.45, 2.75) is 43.5 Å². The van der Waals surface area contributed by atoms with Crippen LogP contribution < -0.4 is 0 Å². The minimum Gasteiger partial charge on any atom is -0.356 e. The van der Waals surface area contributed by atoms with Gasteiger partial charge >= 0.3 is 12.4 Å². The van der Waals surface area contributed by atoms with Crippen LogP contribution in [0.2, 0.25) is 0 Å². The van der Waals surface area contributed by atoms with E-state index in [0.717, 1.165) is 0 Å². The summed E-state index contributed by atoms with van der Waals surface area (Å²) < 4.78 is 85.3. The summed E-state index contributed by atoms with van der Waals surface area (Å²) >= 11 is 0. The molecule has 0 bridgehead atoms. The van der Waals surface area contributed by atoms with Gasteiger partial charge < -0.3 is 4.52 Å². The van der Waals surface area contributed by atoms with Gasteiger partial charge in [-0.05, 0) is 53.3 Å². The average molecular weight is 503 g/mol. The second kappa shape index (κ2) is 8.50. The van der Waals surface area contributed by atoms with E-state index in [1.54, 1.807) is 54.6 Å². The van der Waals surface area contributed by atoms with Gasteiger partial charge in [0.25, 0.3) is 0 Å². The number of nitrogens with zero attached hydrogens (tertiary/aromatic N) is 1. The molecule has 0 fully saturated rings. The first-order chi connectivity index (χ1) is 17.0. The van der Waals surface area contributed by atoms with Crippen LogP contribution in [0.1, 0.15) is 52.9 Å². The van der Waals surface area contributed by atoms with Crippen molar-refractivity contribution in [2.75, 3.05) is 0 Å². The molecule has 0 atom stereocenters. The van der Waals surface area contributed by atoms with E-state index in [9.17, 15) is 31.1 Å². The number of hydrogen-bond acceptors (Lipinski definition) is 3. The summed E-state index contributed by atoms with van der Waals surface area (Å²) in [6.45, 7) is 0. The molecule has 3 nitrogen and oxygen atoms in total. The monoisotopic (exact) mass is 503 g/mol. The highest BCUT2D eigenvalue weighted by Gasteiger charge is 2.47. The highest BCUT2D eigenvalue weighted by atomic mass is 19.4. The van der Waals surface area contributed by atoms with Crippen LogP contribution in [0.25, 0.3) is 22.1 Å². The van der Waals surface area contributed by atoms with E-state index in [1.165, 1.54) is 12.1 Å². The molecule has 1 aromatic heterocycles. The highest BCUT2D eigenvalue weighted by molar-refractivity contribution is 6.14. The molecule has 0 radical (unpaired) electrons. The Balaban J connectivity index is 1.66. The second-order valence-corrected chi connectivity index (χ2v) is 8.97. The summed E-state index contributed by atoms with van der Waals surface area (Å²) in [5.41, 5.74) is 0.763. The zero-order valence-electron chi connectivity index (χ0n) is 18.7. The maximum Gasteiger partial charge on any atom is 0.389 e. The maximum absolute atomic E-state index is 13.4. The minimum atomic E-state index is -4.56. The molecule has 36 heavy (non-hydrogen) atoms. The predicted octanol–water partition coefficient (Wildman–Crippen LogP) is 8.01. The third-order valence-corrected chi connectivity index (χ3v) is 6.79. The van der Waals surface area contributed by atoms with E-state index in [1.807, 2.05) is 0 Å². The Kier molecular flexibility index (Phi) is 5.69. The number of para-hydroxylation sites is 1. The Morgan fingerprint density at radius 3 is 2.08 bits per heavy atom. The third-order valence-electron chi connectivity index (χ3n) is 6.79. The van der Waals surface area contributed by atoms with Crippen LogP contribution in [0, 0.1) is 0 Å². The molecule has 1 aliphatic rings. The number of benzene rings is 3. The molecule has 0 aliphatic heterocycles. The molecule has 0 N–H and O–H groups in total. The van der Waals surface area contributed by atoms with Crippen molar-refractivity contribution in [1.29, 1.82) is 0 Å². The molecule has 0 saturated heterocycles. The fourth-order valence-electron chi connectivity index (χ4n) is 5.16. The van der Waals surface area contributed by atoms with Gasteiger partial charge in [-0.1, -0.05) is 53.7 Å². The highest BCUT2D eigenvalue weighted by Crippen LogP contribution is 2.55. The molecule has 0 saturated carbocycles. The lowest BCUT2D eigenvalue weighted by molar-refractivity contribution is -0.143. The lowest BCUT2D eigenvalue weighted by Gasteiger charge is -2.33. The molecule has 9 heteroatoms. The van der Waals surface area contributed by atoms with Gasteiger partial charge in [0.15, 0.2) is 11.3 Å². The van der Waals surface area contributed by atoms with Crippen molar-refractivity contribution in [3.05, 3.63) is 89.1 Å². The Hall–Kier alpha value is -3.62. The lowest BCUT2D eigenvalue weighted by atomic mass is 9.71. The number of aromatic nitrogens is 1. The lowest BCUT2D eigenvalue weighted by Crippen LogP contribution is -2.30. The van der Waals surface area contributed by atoms with Gasteiger partial charge in [-0.25, -0.2) is 0 Å². The number of halogens is 6. The quantitative estimate of drug-likeness (QED) is 0.198. The second-order valence-electron chi connectivity index (χ2n) is 8.97. The smallest absolute Gasteiger partial charge is 0.356 e. The van der Waals surface area contributed by atoms with Crippen molar-refractivity contribution in [3.8, 4) is 11.1 Å². The van der Waals surface area contributed by atoms with Crippen molar-refractivity contribution in [2.24, 2.45) is 0 Å². The first-order valence-corrected chi connectivity index (χ1v) is 11.3. The van der Waals surface area contributed by atoms with E-state index in [4.69, 9.17) is 4.52 Å². The van der Waals surface area contributed by atoms with Gasteiger partial charge in [-0.15, -0.1) is 0 Å². The molecule has 0 unspecified atom stereocenters. The topological polar surface area (TPSA) is 43.1 Å². The van der Waals surface area contributed by atoms with Crippen LogP contribution in [0.5, 0.6) is 0 Å². The van der Waals surface area contributed by atoms with Crippen LogP contribution in [-0.2, 0) is 5.41 Å². The summed E-state index contributed by atoms with van der Waals surface area (Å²) in [6.07, 6.45) is -12.8. The van der Waals surface area contributed by atoms with Gasteiger partial charge in [0.2, 0.25) is 5.78 Å². The van der Waals surface area contributed by atoms with Crippen molar-refractivity contribution >= 4 is 16.8 Å². The zero-order chi connectivity index (χ0) is 25.7. The molecular weight excluding hydrogens is 484 g/mol. The number of hydrogen-bond donors (Lipinski definition) is 0. The number of carbonyl (C=O) groups is 1. The summed E-state index contributed by atoms with van der Waals surface area (Å²) in [5.74, 6) is -0.528. The summed E-state index contributed by atoms with van der Waals surface area (Å²) in [6, 6.07) is 17.8.